The van der Waals surface area contributed by atoms with Crippen LogP contribution in [0.3, 0.4) is 0 Å². The molecular formula is C13H12F2N4O. The van der Waals surface area contributed by atoms with Gasteiger partial charge in [-0.1, -0.05) is 0 Å². The minimum absolute atomic E-state index is 0.160. The predicted molar refractivity (Wildman–Crippen MR) is 68.2 cm³/mol. The Balaban J connectivity index is 1.88. The lowest BCUT2D eigenvalue weighted by atomic mass is 10.3. The molecule has 0 atom stereocenters. The van der Waals surface area contributed by atoms with Gasteiger partial charge in [0.05, 0.1) is 0 Å². The van der Waals surface area contributed by atoms with E-state index in [1.165, 1.54) is 12.1 Å². The lowest BCUT2D eigenvalue weighted by molar-refractivity contribution is 0.445. The number of halogens is 2. The summed E-state index contributed by atoms with van der Waals surface area (Å²) in [5.41, 5.74) is 2.43. The van der Waals surface area contributed by atoms with Gasteiger partial charge in [-0.05, 0) is 25.0 Å². The Labute approximate surface area is 113 Å². The van der Waals surface area contributed by atoms with Gasteiger partial charge in [-0.3, -0.25) is 0 Å². The Morgan fingerprint density at radius 3 is 2.60 bits per heavy atom. The number of nitrogens with two attached hydrogens (primary N) is 1. The number of nitrogens with zero attached hydrogens (tertiary/aromatic N) is 2. The van der Waals surface area contributed by atoms with E-state index in [9.17, 15) is 8.78 Å². The standard InChI is InChI=1S/C13H12F2N4O/c14-9-4-3-8(5-10(9)15)20-12-6-11(19-16)17-13(18-12)7-1-2-7/h3-7H,1-2,16H2,(H,17,18,19). The monoisotopic (exact) mass is 278 g/mol. The molecule has 0 amide bonds. The van der Waals surface area contributed by atoms with Gasteiger partial charge in [0.1, 0.15) is 17.4 Å². The number of nitrogen functional groups attached to an aromatic ring is 1. The summed E-state index contributed by atoms with van der Waals surface area (Å²) in [7, 11) is 0. The topological polar surface area (TPSA) is 73.1 Å². The van der Waals surface area contributed by atoms with E-state index >= 15 is 0 Å². The first-order chi connectivity index (χ1) is 9.65. The molecular weight excluding hydrogens is 266 g/mol. The maximum absolute atomic E-state index is 13.1. The highest BCUT2D eigenvalue weighted by Crippen LogP contribution is 2.39. The Hall–Kier alpha value is -2.28. The second-order valence-corrected chi connectivity index (χ2v) is 4.55. The summed E-state index contributed by atoms with van der Waals surface area (Å²) in [4.78, 5) is 8.47. The van der Waals surface area contributed by atoms with Gasteiger partial charge in [-0.15, -0.1) is 0 Å². The lowest BCUT2D eigenvalue weighted by Crippen LogP contribution is -2.10. The number of rotatable bonds is 4. The van der Waals surface area contributed by atoms with Crippen molar-refractivity contribution in [3.05, 3.63) is 41.7 Å². The van der Waals surface area contributed by atoms with E-state index in [1.54, 1.807) is 0 Å². The molecule has 3 rings (SSSR count). The van der Waals surface area contributed by atoms with Crippen LogP contribution in [-0.2, 0) is 0 Å². The molecule has 1 aliphatic carbocycles. The first kappa shape index (κ1) is 12.7. The van der Waals surface area contributed by atoms with Crippen molar-refractivity contribution in [2.24, 2.45) is 5.84 Å². The fourth-order valence-corrected chi connectivity index (χ4v) is 1.75. The molecule has 0 aliphatic heterocycles. The van der Waals surface area contributed by atoms with Gasteiger partial charge in [0.25, 0.3) is 0 Å². The van der Waals surface area contributed by atoms with Crippen molar-refractivity contribution >= 4 is 5.82 Å². The van der Waals surface area contributed by atoms with E-state index < -0.39 is 11.6 Å². The van der Waals surface area contributed by atoms with E-state index in [4.69, 9.17) is 10.6 Å². The Kier molecular flexibility index (Phi) is 3.19. The number of ether oxygens (including phenoxy) is 1. The van der Waals surface area contributed by atoms with Crippen molar-refractivity contribution in [1.29, 1.82) is 0 Å². The molecule has 3 N–H and O–H groups in total. The van der Waals surface area contributed by atoms with E-state index in [2.05, 4.69) is 15.4 Å². The average molecular weight is 278 g/mol. The molecule has 0 radical (unpaired) electrons. The van der Waals surface area contributed by atoms with Crippen LogP contribution in [0.5, 0.6) is 11.6 Å². The van der Waals surface area contributed by atoms with Crippen LogP contribution in [-0.4, -0.2) is 9.97 Å². The van der Waals surface area contributed by atoms with Crippen LogP contribution in [0, 0.1) is 11.6 Å². The van der Waals surface area contributed by atoms with E-state index in [-0.39, 0.29) is 11.6 Å². The lowest BCUT2D eigenvalue weighted by Gasteiger charge is -2.08. The summed E-state index contributed by atoms with van der Waals surface area (Å²) in [6.45, 7) is 0. The third-order valence-electron chi connectivity index (χ3n) is 2.92. The fraction of sp³-hybridized carbons (Fsp3) is 0.231. The molecule has 1 aromatic heterocycles. The molecule has 1 aliphatic rings. The van der Waals surface area contributed by atoms with Gasteiger partial charge >= 0.3 is 0 Å². The molecule has 0 spiro atoms. The highest BCUT2D eigenvalue weighted by molar-refractivity contribution is 5.40. The molecule has 1 heterocycles. The van der Waals surface area contributed by atoms with Crippen molar-refractivity contribution in [2.45, 2.75) is 18.8 Å². The van der Waals surface area contributed by atoms with Crippen LogP contribution < -0.4 is 16.0 Å². The van der Waals surface area contributed by atoms with Crippen LogP contribution >= 0.6 is 0 Å². The Morgan fingerprint density at radius 1 is 1.15 bits per heavy atom. The van der Waals surface area contributed by atoms with Crippen LogP contribution in [0.15, 0.2) is 24.3 Å². The fourth-order valence-electron chi connectivity index (χ4n) is 1.75. The van der Waals surface area contributed by atoms with E-state index in [1.807, 2.05) is 0 Å². The zero-order chi connectivity index (χ0) is 14.1. The summed E-state index contributed by atoms with van der Waals surface area (Å²) in [6.07, 6.45) is 2.05. The summed E-state index contributed by atoms with van der Waals surface area (Å²) in [5, 5.41) is 0. The van der Waals surface area contributed by atoms with Crippen molar-refractivity contribution in [3.8, 4) is 11.6 Å². The molecule has 1 aromatic carbocycles. The highest BCUT2D eigenvalue weighted by atomic mass is 19.2. The van der Waals surface area contributed by atoms with Gasteiger partial charge in [-0.2, -0.15) is 4.98 Å². The van der Waals surface area contributed by atoms with Crippen LogP contribution in [0.4, 0.5) is 14.6 Å². The molecule has 0 saturated heterocycles. The smallest absolute Gasteiger partial charge is 0.224 e. The van der Waals surface area contributed by atoms with Crippen LogP contribution in [0.1, 0.15) is 24.6 Å². The molecule has 104 valence electrons. The molecule has 20 heavy (non-hydrogen) atoms. The maximum atomic E-state index is 13.1. The minimum Gasteiger partial charge on any atom is -0.439 e. The van der Waals surface area contributed by atoms with Gasteiger partial charge in [0.2, 0.25) is 5.88 Å². The molecule has 1 fully saturated rings. The Morgan fingerprint density at radius 2 is 1.95 bits per heavy atom. The summed E-state index contributed by atoms with van der Waals surface area (Å²) in [6, 6.07) is 4.78. The molecule has 1 saturated carbocycles. The first-order valence-corrected chi connectivity index (χ1v) is 6.14. The first-order valence-electron chi connectivity index (χ1n) is 6.14. The number of hydrogen-bond donors (Lipinski definition) is 2. The number of aromatic nitrogens is 2. The molecule has 5 nitrogen and oxygen atoms in total. The Bertz CT molecular complexity index is 646. The molecule has 2 aromatic rings. The van der Waals surface area contributed by atoms with Crippen molar-refractivity contribution in [3.63, 3.8) is 0 Å². The number of nitrogens with one attached hydrogen (secondary N) is 1. The van der Waals surface area contributed by atoms with Crippen LogP contribution in [0.2, 0.25) is 0 Å². The maximum Gasteiger partial charge on any atom is 0.224 e. The quantitative estimate of drug-likeness (QED) is 0.664. The van der Waals surface area contributed by atoms with Crippen molar-refractivity contribution in [1.82, 2.24) is 9.97 Å². The summed E-state index contributed by atoms with van der Waals surface area (Å²) >= 11 is 0. The number of hydrazine groups is 1. The number of hydrogen-bond acceptors (Lipinski definition) is 5. The van der Waals surface area contributed by atoms with Gasteiger partial charge in [0.15, 0.2) is 11.6 Å². The molecule has 7 heteroatoms. The largest absolute Gasteiger partial charge is 0.439 e. The van der Waals surface area contributed by atoms with E-state index in [0.29, 0.717) is 17.6 Å². The normalized spacial score (nSPS) is 14.2. The number of anilines is 1. The summed E-state index contributed by atoms with van der Waals surface area (Å²) in [5.74, 6) is 5.20. The summed E-state index contributed by atoms with van der Waals surface area (Å²) < 4.78 is 31.4. The van der Waals surface area contributed by atoms with Gasteiger partial charge in [-0.25, -0.2) is 19.6 Å². The SMILES string of the molecule is NNc1cc(Oc2ccc(F)c(F)c2)nc(C2CC2)n1. The van der Waals surface area contributed by atoms with Crippen molar-refractivity contribution < 1.29 is 13.5 Å². The average Bonchev–Trinajstić information content (AvgIpc) is 3.27. The van der Waals surface area contributed by atoms with Gasteiger partial charge in [0, 0.05) is 18.1 Å². The predicted octanol–water partition coefficient (Wildman–Crippen LogP) is 2.71. The minimum atomic E-state index is -0.976. The third kappa shape index (κ3) is 2.67. The zero-order valence-corrected chi connectivity index (χ0v) is 10.4. The van der Waals surface area contributed by atoms with Crippen LogP contribution in [0.25, 0.3) is 0 Å². The van der Waals surface area contributed by atoms with E-state index in [0.717, 1.165) is 25.0 Å². The molecule has 0 bridgehead atoms. The second kappa shape index (κ2) is 5.01. The highest BCUT2D eigenvalue weighted by Gasteiger charge is 2.27. The zero-order valence-electron chi connectivity index (χ0n) is 10.4. The van der Waals surface area contributed by atoms with Gasteiger partial charge < -0.3 is 10.2 Å². The van der Waals surface area contributed by atoms with Crippen molar-refractivity contribution in [2.75, 3.05) is 5.43 Å². The molecule has 0 unspecified atom stereocenters. The third-order valence-corrected chi connectivity index (χ3v) is 2.92. The number of benzene rings is 1. The second-order valence-electron chi connectivity index (χ2n) is 4.55.